The normalized spacial score (nSPS) is 8.10. The van der Waals surface area contributed by atoms with Gasteiger partial charge < -0.3 is 4.79 Å². The summed E-state index contributed by atoms with van der Waals surface area (Å²) in [4.78, 5) is 9.99. The van der Waals surface area contributed by atoms with Gasteiger partial charge in [0.25, 0.3) is 0 Å². The molecule has 0 spiro atoms. The first kappa shape index (κ1) is 9.38. The second-order valence-corrected chi connectivity index (χ2v) is 1.97. The van der Waals surface area contributed by atoms with Crippen LogP contribution >= 0.6 is 0 Å². The van der Waals surface area contributed by atoms with E-state index in [-0.39, 0.29) is 16.5 Å². The molecule has 0 atom stereocenters. The van der Waals surface area contributed by atoms with E-state index in [1.54, 1.807) is 18.4 Å². The Morgan fingerprint density at radius 2 is 1.70 bits per heavy atom. The molecule has 0 amide bonds. The van der Waals surface area contributed by atoms with Gasteiger partial charge in [-0.2, -0.15) is 17.7 Å². The maximum Gasteiger partial charge on any atom is 0.0627 e. The minimum Gasteiger partial charge on any atom is -0.376 e. The van der Waals surface area contributed by atoms with Crippen LogP contribution in [0, 0.1) is 6.92 Å². The molecule has 2 heteroatoms. The van der Waals surface area contributed by atoms with Crippen LogP contribution in [0.2, 0.25) is 0 Å². The van der Waals surface area contributed by atoms with Crippen LogP contribution in [0.15, 0.2) is 24.3 Å². The van der Waals surface area contributed by atoms with E-state index in [1.165, 1.54) is 0 Å². The van der Waals surface area contributed by atoms with Crippen LogP contribution in [-0.2, 0) is 21.3 Å². The van der Waals surface area contributed by atoms with Gasteiger partial charge in [0.05, 0.1) is 6.29 Å². The van der Waals surface area contributed by atoms with Crippen molar-refractivity contribution >= 4 is 6.29 Å². The Morgan fingerprint density at radius 1 is 1.20 bits per heavy atom. The summed E-state index contributed by atoms with van der Waals surface area (Å²) in [6, 6.07) is 7.28. The number of benzene rings is 1. The van der Waals surface area contributed by atoms with Gasteiger partial charge in [0.15, 0.2) is 0 Å². The van der Waals surface area contributed by atoms with Gasteiger partial charge in [-0.1, -0.05) is 5.56 Å². The maximum absolute atomic E-state index is 9.99. The van der Waals surface area contributed by atoms with Gasteiger partial charge in [0.1, 0.15) is 0 Å². The Hall–Kier alpha value is -0.616. The van der Waals surface area contributed by atoms with E-state index in [9.17, 15) is 4.79 Å². The molecule has 10 heavy (non-hydrogen) atoms. The van der Waals surface area contributed by atoms with E-state index < -0.39 is 0 Å². The van der Waals surface area contributed by atoms with E-state index in [1.807, 2.05) is 19.1 Å². The molecule has 0 aromatic heterocycles. The molecule has 0 N–H and O–H groups in total. The van der Waals surface area contributed by atoms with Crippen molar-refractivity contribution in [2.45, 2.75) is 6.92 Å². The van der Waals surface area contributed by atoms with Crippen LogP contribution in [0.5, 0.6) is 0 Å². The summed E-state index contributed by atoms with van der Waals surface area (Å²) in [5.41, 5.74) is 1.77. The molecule has 0 aliphatic heterocycles. The second kappa shape index (κ2) is 4.24. The van der Waals surface area contributed by atoms with E-state index in [4.69, 9.17) is 0 Å². The van der Waals surface area contributed by atoms with Gasteiger partial charge in [-0.3, -0.25) is 0 Å². The van der Waals surface area contributed by atoms with E-state index >= 15 is 0 Å². The van der Waals surface area contributed by atoms with Crippen molar-refractivity contribution in [2.24, 2.45) is 0 Å². The average molecular weight is 178 g/mol. The number of hydrogen-bond donors (Lipinski definition) is 0. The van der Waals surface area contributed by atoms with E-state index in [0.717, 1.165) is 5.56 Å². The molecule has 0 aliphatic rings. The number of carbonyl (C=O) groups excluding carboxylic acids is 1. The molecule has 1 aromatic rings. The van der Waals surface area contributed by atoms with Gasteiger partial charge in [-0.15, -0.1) is 12.1 Å². The third-order valence-electron chi connectivity index (χ3n) is 1.17. The molecular weight excluding hydrogens is 171 g/mol. The van der Waals surface area contributed by atoms with Crippen molar-refractivity contribution in [3.8, 4) is 0 Å². The Morgan fingerprint density at radius 3 is 2.10 bits per heavy atom. The largest absolute Gasteiger partial charge is 0.376 e. The van der Waals surface area contributed by atoms with E-state index in [2.05, 4.69) is 0 Å². The van der Waals surface area contributed by atoms with Gasteiger partial charge in [-0.25, -0.2) is 0 Å². The van der Waals surface area contributed by atoms with Crippen molar-refractivity contribution in [3.63, 3.8) is 0 Å². The molecule has 0 saturated heterocycles. The molecular formula is C8H7NiO-. The van der Waals surface area contributed by atoms with Crippen molar-refractivity contribution in [3.05, 3.63) is 35.4 Å². The Kier molecular flexibility index (Phi) is 3.98. The predicted molar refractivity (Wildman–Crippen MR) is 36.0 cm³/mol. The molecule has 0 fully saturated rings. The third kappa shape index (κ3) is 2.32. The molecule has 0 heterocycles. The maximum atomic E-state index is 9.99. The van der Waals surface area contributed by atoms with Gasteiger partial charge in [0, 0.05) is 16.5 Å². The van der Waals surface area contributed by atoms with E-state index in [0.29, 0.717) is 5.56 Å². The van der Waals surface area contributed by atoms with Crippen LogP contribution in [0.4, 0.5) is 0 Å². The first-order valence-electron chi connectivity index (χ1n) is 2.78. The SMILES string of the molecule is Cc1ccc([C-]=O)cc1.[Ni]. The zero-order valence-corrected chi connectivity index (χ0v) is 6.52. The zero-order chi connectivity index (χ0) is 6.69. The summed E-state index contributed by atoms with van der Waals surface area (Å²) in [6.07, 6.45) is 1.80. The fourth-order valence-electron chi connectivity index (χ4n) is 0.622. The van der Waals surface area contributed by atoms with Crippen molar-refractivity contribution < 1.29 is 21.3 Å². The summed E-state index contributed by atoms with van der Waals surface area (Å²) in [6.45, 7) is 1.98. The van der Waals surface area contributed by atoms with Gasteiger partial charge in [-0.05, 0) is 6.92 Å². The summed E-state index contributed by atoms with van der Waals surface area (Å²) in [7, 11) is 0. The minimum atomic E-state index is 0. The topological polar surface area (TPSA) is 17.1 Å². The Labute approximate surface area is 70.4 Å². The first-order chi connectivity index (χ1) is 4.33. The molecule has 56 valence electrons. The standard InChI is InChI=1S/C8H7O.Ni/c1-7-2-4-8(6-9)5-3-7;/h2-5H,1H3;/q-1;. The van der Waals surface area contributed by atoms with Crippen molar-refractivity contribution in [1.29, 1.82) is 0 Å². The fourth-order valence-corrected chi connectivity index (χ4v) is 0.622. The molecule has 0 unspecified atom stereocenters. The third-order valence-corrected chi connectivity index (χ3v) is 1.17. The number of aryl methyl sites for hydroxylation is 1. The van der Waals surface area contributed by atoms with Crippen LogP contribution in [0.3, 0.4) is 0 Å². The summed E-state index contributed by atoms with van der Waals surface area (Å²) in [5.74, 6) is 0. The Bertz CT molecular complexity index is 203. The average Bonchev–Trinajstić information content (AvgIpc) is 1.90. The molecule has 0 radical (unpaired) electrons. The van der Waals surface area contributed by atoms with Gasteiger partial charge in [0.2, 0.25) is 0 Å². The zero-order valence-electron chi connectivity index (χ0n) is 5.53. The molecule has 1 rings (SSSR count). The molecule has 0 saturated carbocycles. The monoisotopic (exact) mass is 177 g/mol. The predicted octanol–water partition coefficient (Wildman–Crippen LogP) is 1.45. The van der Waals surface area contributed by atoms with Crippen LogP contribution in [0.25, 0.3) is 0 Å². The van der Waals surface area contributed by atoms with Crippen LogP contribution < -0.4 is 0 Å². The van der Waals surface area contributed by atoms with Gasteiger partial charge >= 0.3 is 0 Å². The van der Waals surface area contributed by atoms with Crippen molar-refractivity contribution in [1.82, 2.24) is 0 Å². The van der Waals surface area contributed by atoms with Crippen molar-refractivity contribution in [2.75, 3.05) is 0 Å². The Balaban J connectivity index is 0.000000810. The first-order valence-corrected chi connectivity index (χ1v) is 2.78. The molecule has 0 bridgehead atoms. The second-order valence-electron chi connectivity index (χ2n) is 1.97. The smallest absolute Gasteiger partial charge is 0.0627 e. The van der Waals surface area contributed by atoms with Crippen LogP contribution in [0.1, 0.15) is 11.1 Å². The minimum absolute atomic E-state index is 0. The quantitative estimate of drug-likeness (QED) is 0.469. The number of rotatable bonds is 1. The summed E-state index contributed by atoms with van der Waals surface area (Å²) in [5, 5.41) is 0. The molecule has 1 nitrogen and oxygen atoms in total. The summed E-state index contributed by atoms with van der Waals surface area (Å²) < 4.78 is 0. The van der Waals surface area contributed by atoms with Crippen LogP contribution in [-0.4, -0.2) is 6.29 Å². The molecule has 1 aromatic carbocycles. The summed E-state index contributed by atoms with van der Waals surface area (Å²) >= 11 is 0. The molecule has 0 aliphatic carbocycles. The fraction of sp³-hybridized carbons (Fsp3) is 0.125. The number of hydrogen-bond acceptors (Lipinski definition) is 1.